The first-order valence-corrected chi connectivity index (χ1v) is 5.63. The van der Waals surface area contributed by atoms with Crippen LogP contribution in [0.5, 0.6) is 0 Å². The fraction of sp³-hybridized carbons (Fsp3) is 0.417. The van der Waals surface area contributed by atoms with E-state index in [9.17, 15) is 4.79 Å². The SMILES string of the molecule is CCc1cc(C2CNC(=O)C2)ccc1Cl. The van der Waals surface area contributed by atoms with Crippen LogP contribution in [0.15, 0.2) is 18.2 Å². The number of nitrogens with one attached hydrogen (secondary N) is 1. The van der Waals surface area contributed by atoms with Gasteiger partial charge in [-0.1, -0.05) is 30.7 Å². The zero-order valence-corrected chi connectivity index (χ0v) is 9.47. The van der Waals surface area contributed by atoms with Gasteiger partial charge in [-0.25, -0.2) is 0 Å². The number of hydrogen-bond donors (Lipinski definition) is 1. The fourth-order valence-corrected chi connectivity index (χ4v) is 2.21. The van der Waals surface area contributed by atoms with Crippen molar-refractivity contribution in [1.82, 2.24) is 5.32 Å². The van der Waals surface area contributed by atoms with Crippen molar-refractivity contribution in [3.8, 4) is 0 Å². The number of aryl methyl sites for hydroxylation is 1. The van der Waals surface area contributed by atoms with Crippen LogP contribution in [0.1, 0.15) is 30.4 Å². The van der Waals surface area contributed by atoms with Crippen molar-refractivity contribution in [3.05, 3.63) is 34.3 Å². The molecular weight excluding hydrogens is 210 g/mol. The van der Waals surface area contributed by atoms with Gasteiger partial charge < -0.3 is 5.32 Å². The Kier molecular flexibility index (Phi) is 2.96. The molecule has 1 atom stereocenters. The molecule has 3 heteroatoms. The highest BCUT2D eigenvalue weighted by molar-refractivity contribution is 6.31. The average molecular weight is 224 g/mol. The van der Waals surface area contributed by atoms with E-state index in [1.165, 1.54) is 5.56 Å². The lowest BCUT2D eigenvalue weighted by Crippen LogP contribution is -2.13. The number of carbonyl (C=O) groups excluding carboxylic acids is 1. The summed E-state index contributed by atoms with van der Waals surface area (Å²) in [5.41, 5.74) is 2.38. The zero-order valence-electron chi connectivity index (χ0n) is 8.72. The second-order valence-electron chi connectivity index (χ2n) is 3.91. The Morgan fingerprint density at radius 3 is 2.93 bits per heavy atom. The van der Waals surface area contributed by atoms with Crippen molar-refractivity contribution in [2.45, 2.75) is 25.7 Å². The van der Waals surface area contributed by atoms with Gasteiger partial charge in [0, 0.05) is 23.9 Å². The Balaban J connectivity index is 2.25. The normalized spacial score (nSPS) is 20.4. The molecule has 0 spiro atoms. The van der Waals surface area contributed by atoms with Crippen LogP contribution in [-0.4, -0.2) is 12.5 Å². The topological polar surface area (TPSA) is 29.1 Å². The molecule has 0 saturated carbocycles. The molecule has 1 unspecified atom stereocenters. The van der Waals surface area contributed by atoms with Crippen LogP contribution in [0.25, 0.3) is 0 Å². The lowest BCUT2D eigenvalue weighted by atomic mass is 9.96. The Morgan fingerprint density at radius 1 is 1.53 bits per heavy atom. The van der Waals surface area contributed by atoms with Crippen molar-refractivity contribution >= 4 is 17.5 Å². The highest BCUT2D eigenvalue weighted by Crippen LogP contribution is 2.27. The third-order valence-corrected chi connectivity index (χ3v) is 3.27. The molecule has 1 saturated heterocycles. The van der Waals surface area contributed by atoms with E-state index in [0.29, 0.717) is 12.3 Å². The van der Waals surface area contributed by atoms with E-state index in [2.05, 4.69) is 18.3 Å². The van der Waals surface area contributed by atoms with Crippen LogP contribution < -0.4 is 5.32 Å². The predicted molar refractivity (Wildman–Crippen MR) is 61.2 cm³/mol. The minimum Gasteiger partial charge on any atom is -0.355 e. The van der Waals surface area contributed by atoms with Gasteiger partial charge in [-0.15, -0.1) is 0 Å². The molecule has 1 fully saturated rings. The molecule has 0 aliphatic carbocycles. The van der Waals surface area contributed by atoms with Crippen LogP contribution >= 0.6 is 11.6 Å². The monoisotopic (exact) mass is 223 g/mol. The van der Waals surface area contributed by atoms with Gasteiger partial charge in [0.05, 0.1) is 0 Å². The van der Waals surface area contributed by atoms with E-state index in [-0.39, 0.29) is 5.91 Å². The number of halogens is 1. The van der Waals surface area contributed by atoms with E-state index in [1.807, 2.05) is 12.1 Å². The minimum atomic E-state index is 0.146. The van der Waals surface area contributed by atoms with E-state index < -0.39 is 0 Å². The van der Waals surface area contributed by atoms with Gasteiger partial charge in [-0.05, 0) is 23.6 Å². The smallest absolute Gasteiger partial charge is 0.220 e. The quantitative estimate of drug-likeness (QED) is 0.820. The summed E-state index contributed by atoms with van der Waals surface area (Å²) in [6.45, 7) is 2.84. The van der Waals surface area contributed by atoms with Gasteiger partial charge in [0.15, 0.2) is 0 Å². The Morgan fingerprint density at radius 2 is 2.33 bits per heavy atom. The molecule has 1 aromatic rings. The molecule has 15 heavy (non-hydrogen) atoms. The second kappa shape index (κ2) is 4.23. The first kappa shape index (κ1) is 10.5. The Bertz CT molecular complexity index is 389. The minimum absolute atomic E-state index is 0.146. The van der Waals surface area contributed by atoms with Gasteiger partial charge in [0.25, 0.3) is 0 Å². The summed E-state index contributed by atoms with van der Waals surface area (Å²) in [6.07, 6.45) is 1.53. The number of carbonyl (C=O) groups is 1. The molecule has 0 radical (unpaired) electrons. The molecule has 2 nitrogen and oxygen atoms in total. The van der Waals surface area contributed by atoms with Crippen LogP contribution in [0, 0.1) is 0 Å². The number of amides is 1. The Hall–Kier alpha value is -1.02. The number of rotatable bonds is 2. The van der Waals surface area contributed by atoms with Crippen LogP contribution in [0.3, 0.4) is 0 Å². The second-order valence-corrected chi connectivity index (χ2v) is 4.32. The highest BCUT2D eigenvalue weighted by Gasteiger charge is 2.23. The van der Waals surface area contributed by atoms with Gasteiger partial charge in [0.2, 0.25) is 5.91 Å². The van der Waals surface area contributed by atoms with Crippen molar-refractivity contribution in [2.75, 3.05) is 6.54 Å². The standard InChI is InChI=1S/C12H14ClNO/c1-2-8-5-9(3-4-11(8)13)10-6-12(15)14-7-10/h3-5,10H,2,6-7H2,1H3,(H,14,15). The Labute approximate surface area is 94.6 Å². The third-order valence-electron chi connectivity index (χ3n) is 2.90. The van der Waals surface area contributed by atoms with Gasteiger partial charge >= 0.3 is 0 Å². The van der Waals surface area contributed by atoms with Gasteiger partial charge in [-0.2, -0.15) is 0 Å². The van der Waals surface area contributed by atoms with E-state index in [4.69, 9.17) is 11.6 Å². The first-order chi connectivity index (χ1) is 7.20. The maximum atomic E-state index is 11.1. The van der Waals surface area contributed by atoms with Crippen LogP contribution in [0.2, 0.25) is 5.02 Å². The molecule has 80 valence electrons. The summed E-state index contributed by atoms with van der Waals surface area (Å²) in [6, 6.07) is 6.07. The average Bonchev–Trinajstić information content (AvgIpc) is 2.66. The molecule has 2 rings (SSSR count). The van der Waals surface area contributed by atoms with E-state index in [1.54, 1.807) is 0 Å². The molecule has 1 aliphatic heterocycles. The lowest BCUT2D eigenvalue weighted by Gasteiger charge is -2.10. The summed E-state index contributed by atoms with van der Waals surface area (Å²) >= 11 is 6.05. The summed E-state index contributed by atoms with van der Waals surface area (Å²) in [5.74, 6) is 0.466. The maximum absolute atomic E-state index is 11.1. The highest BCUT2D eigenvalue weighted by atomic mass is 35.5. The van der Waals surface area contributed by atoms with Gasteiger partial charge in [-0.3, -0.25) is 4.79 Å². The summed E-state index contributed by atoms with van der Waals surface area (Å²) in [7, 11) is 0. The lowest BCUT2D eigenvalue weighted by molar-refractivity contribution is -0.119. The maximum Gasteiger partial charge on any atom is 0.220 e. The summed E-state index contributed by atoms with van der Waals surface area (Å²) in [5, 5.41) is 3.67. The molecule has 0 bridgehead atoms. The van der Waals surface area contributed by atoms with E-state index >= 15 is 0 Å². The largest absolute Gasteiger partial charge is 0.355 e. The molecule has 1 N–H and O–H groups in total. The number of benzene rings is 1. The first-order valence-electron chi connectivity index (χ1n) is 5.25. The van der Waals surface area contributed by atoms with Crippen molar-refractivity contribution in [3.63, 3.8) is 0 Å². The third kappa shape index (κ3) is 2.15. The fourth-order valence-electron chi connectivity index (χ4n) is 1.96. The summed E-state index contributed by atoms with van der Waals surface area (Å²) in [4.78, 5) is 11.1. The van der Waals surface area contributed by atoms with Gasteiger partial charge in [0.1, 0.15) is 0 Å². The van der Waals surface area contributed by atoms with Crippen LogP contribution in [-0.2, 0) is 11.2 Å². The number of hydrogen-bond acceptors (Lipinski definition) is 1. The van der Waals surface area contributed by atoms with Crippen molar-refractivity contribution in [1.29, 1.82) is 0 Å². The zero-order chi connectivity index (χ0) is 10.8. The molecule has 1 aliphatic rings. The van der Waals surface area contributed by atoms with E-state index in [0.717, 1.165) is 23.6 Å². The summed E-state index contributed by atoms with van der Waals surface area (Å²) < 4.78 is 0. The molecule has 1 amide bonds. The molecule has 1 aromatic carbocycles. The molecular formula is C12H14ClNO. The molecule has 1 heterocycles. The van der Waals surface area contributed by atoms with Crippen LogP contribution in [0.4, 0.5) is 0 Å². The van der Waals surface area contributed by atoms with Crippen molar-refractivity contribution < 1.29 is 4.79 Å². The predicted octanol–water partition coefficient (Wildman–Crippen LogP) is 2.51. The van der Waals surface area contributed by atoms with Crippen molar-refractivity contribution in [2.24, 2.45) is 0 Å². The molecule has 0 aromatic heterocycles.